The Labute approximate surface area is 141 Å². The fourth-order valence-electron chi connectivity index (χ4n) is 1.71. The number of ether oxygens (including phenoxy) is 2. The van der Waals surface area contributed by atoms with Crippen LogP contribution in [0.5, 0.6) is 11.5 Å². The molecule has 6 nitrogen and oxygen atoms in total. The van der Waals surface area contributed by atoms with Crippen LogP contribution in [0, 0.1) is 0 Å². The molecular formula is C15H19ClN2O4S. The van der Waals surface area contributed by atoms with Crippen molar-refractivity contribution in [2.45, 2.75) is 4.90 Å². The van der Waals surface area contributed by atoms with Crippen LogP contribution in [0.1, 0.15) is 0 Å². The Kier molecular flexibility index (Phi) is 7.15. The van der Waals surface area contributed by atoms with Gasteiger partial charge in [0.2, 0.25) is 0 Å². The molecule has 0 bridgehead atoms. The molecular weight excluding hydrogens is 340 g/mol. The molecule has 0 atom stereocenters. The topological polar surface area (TPSA) is 90.7 Å². The maximum absolute atomic E-state index is 12.3. The number of benzene rings is 2. The summed E-state index contributed by atoms with van der Waals surface area (Å²) in [6.07, 6.45) is 0. The summed E-state index contributed by atoms with van der Waals surface area (Å²) in [7, 11) is 0.728. The highest BCUT2D eigenvalue weighted by molar-refractivity contribution is 7.92. The Morgan fingerprint density at radius 3 is 2.13 bits per heavy atom. The second-order valence-corrected chi connectivity index (χ2v) is 6.24. The molecule has 2 aromatic rings. The van der Waals surface area contributed by atoms with Crippen LogP contribution in [0.3, 0.4) is 0 Å². The lowest BCUT2D eigenvalue weighted by atomic mass is 10.3. The Morgan fingerprint density at radius 2 is 1.61 bits per heavy atom. The van der Waals surface area contributed by atoms with Crippen LogP contribution in [0.2, 0.25) is 5.02 Å². The monoisotopic (exact) mass is 358 g/mol. The van der Waals surface area contributed by atoms with Gasteiger partial charge in [-0.3, -0.25) is 4.72 Å². The zero-order chi connectivity index (χ0) is 17.5. The number of anilines is 1. The van der Waals surface area contributed by atoms with E-state index >= 15 is 0 Å². The summed E-state index contributed by atoms with van der Waals surface area (Å²) in [4.78, 5) is 0.108. The predicted molar refractivity (Wildman–Crippen MR) is 91.9 cm³/mol. The van der Waals surface area contributed by atoms with Crippen molar-refractivity contribution in [2.75, 3.05) is 26.0 Å². The van der Waals surface area contributed by atoms with E-state index in [0.717, 1.165) is 0 Å². The predicted octanol–water partition coefficient (Wildman–Crippen LogP) is 2.73. The molecule has 0 saturated heterocycles. The molecule has 0 aromatic heterocycles. The second kappa shape index (κ2) is 8.61. The average Bonchev–Trinajstić information content (AvgIpc) is 2.56. The van der Waals surface area contributed by atoms with Gasteiger partial charge in [-0.25, -0.2) is 8.42 Å². The number of hydrogen-bond donors (Lipinski definition) is 2. The van der Waals surface area contributed by atoms with Crippen LogP contribution in [-0.4, -0.2) is 29.7 Å². The third-order valence-corrected chi connectivity index (χ3v) is 4.41. The quantitative estimate of drug-likeness (QED) is 0.857. The van der Waals surface area contributed by atoms with E-state index in [1.165, 1.54) is 45.5 Å². The molecule has 2 aromatic carbocycles. The number of halogens is 1. The first-order valence-corrected chi connectivity index (χ1v) is 8.40. The van der Waals surface area contributed by atoms with Gasteiger partial charge < -0.3 is 15.2 Å². The molecule has 0 unspecified atom stereocenters. The molecule has 8 heteroatoms. The molecule has 0 aliphatic carbocycles. The van der Waals surface area contributed by atoms with Gasteiger partial charge in [-0.2, -0.15) is 0 Å². The maximum atomic E-state index is 12.3. The van der Waals surface area contributed by atoms with Crippen LogP contribution in [-0.2, 0) is 10.0 Å². The van der Waals surface area contributed by atoms with Crippen molar-refractivity contribution in [1.29, 1.82) is 0 Å². The highest BCUT2D eigenvalue weighted by Crippen LogP contribution is 2.30. The van der Waals surface area contributed by atoms with Gasteiger partial charge in [-0.05, 0) is 43.4 Å². The summed E-state index contributed by atoms with van der Waals surface area (Å²) < 4.78 is 37.4. The maximum Gasteiger partial charge on any atom is 0.262 e. The summed E-state index contributed by atoms with van der Waals surface area (Å²) in [6.45, 7) is 0. The number of hydrogen-bond acceptors (Lipinski definition) is 5. The van der Waals surface area contributed by atoms with E-state index in [9.17, 15) is 8.42 Å². The number of nitrogens with one attached hydrogen (secondary N) is 1. The van der Waals surface area contributed by atoms with Gasteiger partial charge in [0.05, 0.1) is 24.8 Å². The van der Waals surface area contributed by atoms with Crippen LogP contribution < -0.4 is 19.9 Å². The van der Waals surface area contributed by atoms with Crippen molar-refractivity contribution in [3.05, 3.63) is 47.5 Å². The van der Waals surface area contributed by atoms with Gasteiger partial charge in [-0.15, -0.1) is 0 Å². The normalized spacial score (nSPS) is 10.3. The summed E-state index contributed by atoms with van der Waals surface area (Å²) in [5.74, 6) is 0.915. The van der Waals surface area contributed by atoms with Gasteiger partial charge in [0.15, 0.2) is 0 Å². The van der Waals surface area contributed by atoms with E-state index in [4.69, 9.17) is 21.1 Å². The van der Waals surface area contributed by atoms with Crippen molar-refractivity contribution in [2.24, 2.45) is 5.73 Å². The van der Waals surface area contributed by atoms with Gasteiger partial charge in [0, 0.05) is 11.1 Å². The van der Waals surface area contributed by atoms with E-state index in [0.29, 0.717) is 22.2 Å². The summed E-state index contributed by atoms with van der Waals surface area (Å²) in [5, 5.41) is 0.466. The van der Waals surface area contributed by atoms with E-state index in [-0.39, 0.29) is 4.90 Å². The lowest BCUT2D eigenvalue weighted by molar-refractivity contribution is 0.405. The molecule has 0 radical (unpaired) electrons. The summed E-state index contributed by atoms with van der Waals surface area (Å²) in [6, 6.07) is 10.7. The average molecular weight is 359 g/mol. The minimum atomic E-state index is -3.73. The second-order valence-electron chi connectivity index (χ2n) is 4.13. The first kappa shape index (κ1) is 19.1. The molecule has 0 aliphatic rings. The lowest BCUT2D eigenvalue weighted by Crippen LogP contribution is -2.13. The van der Waals surface area contributed by atoms with Gasteiger partial charge >= 0.3 is 0 Å². The first-order valence-electron chi connectivity index (χ1n) is 6.54. The van der Waals surface area contributed by atoms with E-state index in [1.54, 1.807) is 18.2 Å². The minimum Gasteiger partial charge on any atom is -0.497 e. The minimum absolute atomic E-state index is 0.108. The molecule has 2 rings (SSSR count). The lowest BCUT2D eigenvalue weighted by Gasteiger charge is -2.13. The smallest absolute Gasteiger partial charge is 0.262 e. The Morgan fingerprint density at radius 1 is 1.00 bits per heavy atom. The van der Waals surface area contributed by atoms with Crippen molar-refractivity contribution in [1.82, 2.24) is 0 Å². The van der Waals surface area contributed by atoms with Crippen LogP contribution >= 0.6 is 11.6 Å². The summed E-state index contributed by atoms with van der Waals surface area (Å²) >= 11 is 5.76. The third-order valence-electron chi connectivity index (χ3n) is 2.77. The Hall–Kier alpha value is -1.96. The Bertz CT molecular complexity index is 734. The van der Waals surface area contributed by atoms with E-state index < -0.39 is 10.0 Å². The Balaban J connectivity index is 0.00000127. The van der Waals surface area contributed by atoms with E-state index in [2.05, 4.69) is 10.5 Å². The van der Waals surface area contributed by atoms with Gasteiger partial charge in [-0.1, -0.05) is 11.6 Å². The van der Waals surface area contributed by atoms with Crippen molar-refractivity contribution >= 4 is 27.3 Å². The van der Waals surface area contributed by atoms with E-state index in [1.807, 2.05) is 0 Å². The molecule has 0 fully saturated rings. The third kappa shape index (κ3) is 5.02. The first-order chi connectivity index (χ1) is 11.0. The fourth-order valence-corrected chi connectivity index (χ4v) is 2.90. The van der Waals surface area contributed by atoms with Crippen LogP contribution in [0.25, 0.3) is 0 Å². The molecule has 3 N–H and O–H groups in total. The molecule has 126 valence electrons. The van der Waals surface area contributed by atoms with Gasteiger partial charge in [0.1, 0.15) is 11.5 Å². The molecule has 0 saturated carbocycles. The molecule has 23 heavy (non-hydrogen) atoms. The summed E-state index contributed by atoms with van der Waals surface area (Å²) in [5.41, 5.74) is 4.80. The number of rotatable bonds is 5. The zero-order valence-electron chi connectivity index (χ0n) is 13.0. The van der Waals surface area contributed by atoms with Crippen molar-refractivity contribution in [3.63, 3.8) is 0 Å². The van der Waals surface area contributed by atoms with Crippen molar-refractivity contribution in [3.8, 4) is 11.5 Å². The molecule has 0 amide bonds. The number of sulfonamides is 1. The number of methoxy groups -OCH3 is 2. The van der Waals surface area contributed by atoms with Crippen LogP contribution in [0.15, 0.2) is 47.4 Å². The highest BCUT2D eigenvalue weighted by atomic mass is 35.5. The molecule has 0 heterocycles. The molecule has 0 aliphatic heterocycles. The fraction of sp³-hybridized carbons (Fsp3) is 0.200. The van der Waals surface area contributed by atoms with Gasteiger partial charge in [0.25, 0.3) is 10.0 Å². The van der Waals surface area contributed by atoms with Crippen LogP contribution in [0.4, 0.5) is 5.69 Å². The largest absolute Gasteiger partial charge is 0.497 e. The standard InChI is InChI=1S/C14H14ClNO4S.CH5N/c1-19-11-5-8-14(20-2)13(9-11)16-21(17,18)12-6-3-10(15)4-7-12;1-2/h3-9,16H,1-2H3;2H2,1H3. The SMILES string of the molecule is CN.COc1ccc(OC)c(NS(=O)(=O)c2ccc(Cl)cc2)c1. The number of nitrogens with two attached hydrogens (primary N) is 1. The highest BCUT2D eigenvalue weighted by Gasteiger charge is 2.17. The van der Waals surface area contributed by atoms with Crippen molar-refractivity contribution < 1.29 is 17.9 Å². The molecule has 0 spiro atoms. The zero-order valence-corrected chi connectivity index (χ0v) is 14.6.